The van der Waals surface area contributed by atoms with Crippen LogP contribution in [0.15, 0.2) is 61.3 Å². The van der Waals surface area contributed by atoms with Gasteiger partial charge in [-0.15, -0.1) is 11.3 Å². The molecule has 154 valence electrons. The van der Waals surface area contributed by atoms with Crippen LogP contribution in [0.3, 0.4) is 0 Å². The van der Waals surface area contributed by atoms with E-state index in [4.69, 9.17) is 0 Å². The SMILES string of the molecule is CC(=O)c1ccc(-c2ccnc3[nH]c(-c4n[nH]c5cnc(-c6cnccn6)cc45)cc23)s1. The lowest BCUT2D eigenvalue weighted by molar-refractivity contribution is 0.102. The number of ketones is 1. The number of aromatic nitrogens is 7. The molecule has 0 aliphatic rings. The van der Waals surface area contributed by atoms with Crippen LogP contribution in [0, 0.1) is 0 Å². The fourth-order valence-electron chi connectivity index (χ4n) is 3.73. The van der Waals surface area contributed by atoms with Crippen LogP contribution in [0.4, 0.5) is 0 Å². The number of H-pyrrole nitrogens is 2. The zero-order valence-electron chi connectivity index (χ0n) is 16.8. The van der Waals surface area contributed by atoms with Crippen molar-refractivity contribution in [2.45, 2.75) is 6.92 Å². The number of nitrogens with one attached hydrogen (secondary N) is 2. The Morgan fingerprint density at radius 1 is 0.938 bits per heavy atom. The van der Waals surface area contributed by atoms with Gasteiger partial charge in [0.2, 0.25) is 0 Å². The number of carbonyl (C=O) groups excluding carboxylic acids is 1. The van der Waals surface area contributed by atoms with E-state index in [1.165, 1.54) is 11.3 Å². The van der Waals surface area contributed by atoms with E-state index >= 15 is 0 Å². The van der Waals surface area contributed by atoms with E-state index in [1.807, 2.05) is 30.3 Å². The van der Waals surface area contributed by atoms with Gasteiger partial charge in [-0.05, 0) is 37.3 Å². The molecule has 6 rings (SSSR count). The highest BCUT2D eigenvalue weighted by Crippen LogP contribution is 2.36. The maximum absolute atomic E-state index is 11.7. The Labute approximate surface area is 185 Å². The van der Waals surface area contributed by atoms with Gasteiger partial charge in [0, 0.05) is 39.8 Å². The van der Waals surface area contributed by atoms with E-state index in [0.29, 0.717) is 5.69 Å². The zero-order valence-corrected chi connectivity index (χ0v) is 17.6. The van der Waals surface area contributed by atoms with Gasteiger partial charge in [-0.1, -0.05) is 0 Å². The second kappa shape index (κ2) is 7.17. The molecule has 0 amide bonds. The highest BCUT2D eigenvalue weighted by Gasteiger charge is 2.16. The molecule has 0 saturated heterocycles. The molecule has 0 spiro atoms. The highest BCUT2D eigenvalue weighted by atomic mass is 32.1. The summed E-state index contributed by atoms with van der Waals surface area (Å²) in [7, 11) is 0. The molecule has 9 heteroatoms. The Hall–Kier alpha value is -4.24. The first kappa shape index (κ1) is 18.5. The summed E-state index contributed by atoms with van der Waals surface area (Å²) in [6, 6.07) is 9.81. The van der Waals surface area contributed by atoms with Gasteiger partial charge >= 0.3 is 0 Å². The van der Waals surface area contributed by atoms with Crippen molar-refractivity contribution < 1.29 is 4.79 Å². The molecular formula is C23H15N7OS. The van der Waals surface area contributed by atoms with Crippen LogP contribution in [-0.4, -0.2) is 40.9 Å². The largest absolute Gasteiger partial charge is 0.338 e. The van der Waals surface area contributed by atoms with Crippen LogP contribution in [0.5, 0.6) is 0 Å². The summed E-state index contributed by atoms with van der Waals surface area (Å²) in [5.41, 5.74) is 5.63. The van der Waals surface area contributed by atoms with E-state index in [-0.39, 0.29) is 5.78 Å². The normalized spacial score (nSPS) is 11.4. The Kier molecular flexibility index (Phi) is 4.15. The molecule has 0 unspecified atom stereocenters. The minimum absolute atomic E-state index is 0.0665. The van der Waals surface area contributed by atoms with Crippen molar-refractivity contribution in [3.05, 3.63) is 66.2 Å². The van der Waals surface area contributed by atoms with E-state index in [9.17, 15) is 4.79 Å². The number of carbonyl (C=O) groups is 1. The monoisotopic (exact) mass is 437 g/mol. The predicted octanol–water partition coefficient (Wildman–Crippen LogP) is 4.89. The molecule has 0 saturated carbocycles. The van der Waals surface area contributed by atoms with Crippen molar-refractivity contribution in [1.82, 2.24) is 35.1 Å². The summed E-state index contributed by atoms with van der Waals surface area (Å²) in [4.78, 5) is 34.3. The lowest BCUT2D eigenvalue weighted by atomic mass is 10.1. The van der Waals surface area contributed by atoms with Crippen molar-refractivity contribution >= 4 is 39.1 Å². The van der Waals surface area contributed by atoms with Crippen molar-refractivity contribution in [2.75, 3.05) is 0 Å². The molecule has 6 heterocycles. The van der Waals surface area contributed by atoms with E-state index in [0.717, 1.165) is 54.3 Å². The molecule has 0 aliphatic carbocycles. The molecular weight excluding hydrogens is 422 g/mol. The highest BCUT2D eigenvalue weighted by molar-refractivity contribution is 7.17. The van der Waals surface area contributed by atoms with Crippen LogP contribution in [0.2, 0.25) is 0 Å². The zero-order chi connectivity index (χ0) is 21.7. The fraction of sp³-hybridized carbons (Fsp3) is 0.0435. The van der Waals surface area contributed by atoms with Crippen molar-refractivity contribution in [2.24, 2.45) is 0 Å². The third kappa shape index (κ3) is 2.98. The summed E-state index contributed by atoms with van der Waals surface area (Å²) in [5, 5.41) is 9.46. The Morgan fingerprint density at radius 3 is 2.69 bits per heavy atom. The minimum Gasteiger partial charge on any atom is -0.338 e. The standard InChI is InChI=1S/C23H15N7OS/c1-12(31)20-2-3-21(32-20)13-4-5-26-23-14(13)8-17(28-23)22-15-9-16(19-10-24-6-7-25-19)27-11-18(15)29-30-22/h2-11H,1H3,(H,26,28)(H,29,30). The summed E-state index contributed by atoms with van der Waals surface area (Å²) in [6.45, 7) is 1.58. The molecule has 0 atom stereocenters. The molecule has 0 aromatic carbocycles. The number of rotatable bonds is 4. The molecule has 0 fully saturated rings. The average Bonchev–Trinajstić information content (AvgIpc) is 3.56. The smallest absolute Gasteiger partial charge is 0.169 e. The quantitative estimate of drug-likeness (QED) is 0.380. The molecule has 0 aliphatic heterocycles. The summed E-state index contributed by atoms with van der Waals surface area (Å²) in [6.07, 6.45) is 8.47. The van der Waals surface area contributed by atoms with Gasteiger partial charge in [-0.25, -0.2) is 4.98 Å². The minimum atomic E-state index is 0.0665. The number of fused-ring (bicyclic) bond motifs is 2. The number of thiophene rings is 1. The van der Waals surface area contributed by atoms with Crippen LogP contribution < -0.4 is 0 Å². The number of hydrogen-bond donors (Lipinski definition) is 2. The van der Waals surface area contributed by atoms with Gasteiger partial charge in [0.15, 0.2) is 5.78 Å². The topological polar surface area (TPSA) is 113 Å². The number of aromatic amines is 2. The number of Topliss-reactive ketones (excluding diaryl/α,β-unsaturated/α-hetero) is 1. The van der Waals surface area contributed by atoms with Gasteiger partial charge in [-0.3, -0.25) is 24.8 Å². The van der Waals surface area contributed by atoms with Crippen molar-refractivity contribution in [3.8, 4) is 33.2 Å². The molecule has 32 heavy (non-hydrogen) atoms. The van der Waals surface area contributed by atoms with Crippen molar-refractivity contribution in [3.63, 3.8) is 0 Å². The first-order chi connectivity index (χ1) is 15.7. The van der Waals surface area contributed by atoms with E-state index in [1.54, 1.807) is 37.9 Å². The molecule has 6 aromatic heterocycles. The maximum Gasteiger partial charge on any atom is 0.169 e. The van der Waals surface area contributed by atoms with Crippen LogP contribution in [0.1, 0.15) is 16.6 Å². The molecule has 8 nitrogen and oxygen atoms in total. The van der Waals surface area contributed by atoms with Crippen molar-refractivity contribution in [1.29, 1.82) is 0 Å². The third-order valence-electron chi connectivity index (χ3n) is 5.28. The third-order valence-corrected chi connectivity index (χ3v) is 6.50. The molecule has 0 bridgehead atoms. The summed E-state index contributed by atoms with van der Waals surface area (Å²) < 4.78 is 0. The summed E-state index contributed by atoms with van der Waals surface area (Å²) >= 11 is 1.48. The number of nitrogens with zero attached hydrogens (tertiary/aromatic N) is 5. The number of hydrogen-bond acceptors (Lipinski definition) is 7. The second-order valence-electron chi connectivity index (χ2n) is 7.30. The summed E-state index contributed by atoms with van der Waals surface area (Å²) in [5.74, 6) is 0.0665. The first-order valence-electron chi connectivity index (χ1n) is 9.87. The molecule has 6 aromatic rings. The lowest BCUT2D eigenvalue weighted by Gasteiger charge is -1.99. The predicted molar refractivity (Wildman–Crippen MR) is 123 cm³/mol. The Balaban J connectivity index is 1.49. The van der Waals surface area contributed by atoms with E-state index < -0.39 is 0 Å². The molecule has 0 radical (unpaired) electrons. The van der Waals surface area contributed by atoms with Gasteiger partial charge in [0.05, 0.1) is 34.2 Å². The van der Waals surface area contributed by atoms with Gasteiger partial charge in [-0.2, -0.15) is 5.10 Å². The lowest BCUT2D eigenvalue weighted by Crippen LogP contribution is -1.88. The Morgan fingerprint density at radius 2 is 1.88 bits per heavy atom. The Bertz CT molecular complexity index is 1610. The second-order valence-corrected chi connectivity index (χ2v) is 8.39. The first-order valence-corrected chi connectivity index (χ1v) is 10.7. The van der Waals surface area contributed by atoms with Crippen LogP contribution in [0.25, 0.3) is 55.2 Å². The van der Waals surface area contributed by atoms with E-state index in [2.05, 4.69) is 35.1 Å². The van der Waals surface area contributed by atoms with Crippen LogP contribution >= 0.6 is 11.3 Å². The fourth-order valence-corrected chi connectivity index (χ4v) is 4.68. The van der Waals surface area contributed by atoms with Gasteiger partial charge in [0.1, 0.15) is 17.0 Å². The average molecular weight is 437 g/mol. The number of pyridine rings is 2. The molecule has 2 N–H and O–H groups in total. The van der Waals surface area contributed by atoms with Crippen LogP contribution in [-0.2, 0) is 0 Å². The van der Waals surface area contributed by atoms with Gasteiger partial charge < -0.3 is 4.98 Å². The maximum atomic E-state index is 11.7. The van der Waals surface area contributed by atoms with Gasteiger partial charge in [0.25, 0.3) is 0 Å².